The first-order chi connectivity index (χ1) is 11.0. The Labute approximate surface area is 141 Å². The number of fused-ring (bicyclic) bond motifs is 1. The number of ether oxygens (including phenoxy) is 1. The number of amides is 3. The molecule has 0 saturated heterocycles. The van der Waals surface area contributed by atoms with E-state index in [2.05, 4.69) is 10.6 Å². The van der Waals surface area contributed by atoms with Crippen molar-refractivity contribution in [3.05, 3.63) is 34.2 Å². The van der Waals surface area contributed by atoms with Crippen LogP contribution >= 0.6 is 22.9 Å². The van der Waals surface area contributed by atoms with Crippen LogP contribution in [0.15, 0.2) is 24.3 Å². The second kappa shape index (κ2) is 7.94. The van der Waals surface area contributed by atoms with E-state index in [4.69, 9.17) is 16.3 Å². The molecular formula is C15H15ClN2O4S. The molecule has 2 N–H and O–H groups in total. The van der Waals surface area contributed by atoms with Crippen LogP contribution in [0.4, 0.5) is 4.79 Å². The molecule has 8 heteroatoms. The van der Waals surface area contributed by atoms with Crippen molar-refractivity contribution in [2.24, 2.45) is 0 Å². The van der Waals surface area contributed by atoms with E-state index < -0.39 is 24.5 Å². The lowest BCUT2D eigenvalue weighted by Crippen LogP contribution is -2.41. The van der Waals surface area contributed by atoms with Gasteiger partial charge in [0, 0.05) is 16.6 Å². The molecule has 1 heterocycles. The van der Waals surface area contributed by atoms with Crippen molar-refractivity contribution in [1.29, 1.82) is 0 Å². The minimum atomic E-state index is -0.704. The topological polar surface area (TPSA) is 84.5 Å². The van der Waals surface area contributed by atoms with Crippen LogP contribution < -0.4 is 10.6 Å². The average molecular weight is 355 g/mol. The van der Waals surface area contributed by atoms with Crippen LogP contribution in [0.3, 0.4) is 0 Å². The fraction of sp³-hybridized carbons (Fsp3) is 0.267. The highest BCUT2D eigenvalue weighted by molar-refractivity contribution is 7.21. The Kier molecular flexibility index (Phi) is 5.95. The van der Waals surface area contributed by atoms with Gasteiger partial charge in [-0.3, -0.25) is 10.1 Å². The summed E-state index contributed by atoms with van der Waals surface area (Å²) >= 11 is 7.34. The summed E-state index contributed by atoms with van der Waals surface area (Å²) in [5.74, 6) is -1.40. The molecule has 0 atom stereocenters. The number of benzene rings is 1. The van der Waals surface area contributed by atoms with Gasteiger partial charge in [0.05, 0.1) is 5.02 Å². The largest absolute Gasteiger partial charge is 0.451 e. The highest BCUT2D eigenvalue weighted by Crippen LogP contribution is 2.35. The molecule has 1 aromatic heterocycles. The third-order valence-electron chi connectivity index (χ3n) is 2.84. The van der Waals surface area contributed by atoms with E-state index in [0.29, 0.717) is 11.6 Å². The smallest absolute Gasteiger partial charge is 0.350 e. The predicted octanol–water partition coefficient (Wildman–Crippen LogP) is 2.95. The third-order valence-corrected chi connectivity index (χ3v) is 4.50. The van der Waals surface area contributed by atoms with Gasteiger partial charge in [0.1, 0.15) is 4.88 Å². The van der Waals surface area contributed by atoms with Crippen LogP contribution in [-0.2, 0) is 9.53 Å². The molecule has 3 amide bonds. The molecule has 1 aromatic carbocycles. The van der Waals surface area contributed by atoms with E-state index in [0.717, 1.165) is 16.5 Å². The van der Waals surface area contributed by atoms with E-state index in [1.165, 1.54) is 11.3 Å². The van der Waals surface area contributed by atoms with E-state index in [1.807, 2.05) is 25.1 Å². The number of urea groups is 1. The van der Waals surface area contributed by atoms with Crippen LogP contribution in [0.25, 0.3) is 10.1 Å². The number of esters is 1. The van der Waals surface area contributed by atoms with Gasteiger partial charge < -0.3 is 10.1 Å². The van der Waals surface area contributed by atoms with Crippen LogP contribution in [0.2, 0.25) is 5.02 Å². The molecule has 0 fully saturated rings. The second-order valence-corrected chi connectivity index (χ2v) is 6.05. The lowest BCUT2D eigenvalue weighted by atomic mass is 10.2. The molecule has 0 aliphatic carbocycles. The van der Waals surface area contributed by atoms with E-state index in [-0.39, 0.29) is 4.88 Å². The van der Waals surface area contributed by atoms with Gasteiger partial charge in [-0.25, -0.2) is 9.59 Å². The molecular weight excluding hydrogens is 340 g/mol. The molecule has 0 aliphatic rings. The van der Waals surface area contributed by atoms with Gasteiger partial charge in [-0.15, -0.1) is 11.3 Å². The first kappa shape index (κ1) is 17.2. The first-order valence-electron chi connectivity index (χ1n) is 6.94. The van der Waals surface area contributed by atoms with Crippen molar-refractivity contribution in [2.45, 2.75) is 13.3 Å². The minimum absolute atomic E-state index is 0.233. The lowest BCUT2D eigenvalue weighted by Gasteiger charge is -2.06. The van der Waals surface area contributed by atoms with E-state index in [9.17, 15) is 14.4 Å². The summed E-state index contributed by atoms with van der Waals surface area (Å²) < 4.78 is 5.76. The summed E-state index contributed by atoms with van der Waals surface area (Å²) in [5.41, 5.74) is 0. The number of rotatable bonds is 5. The lowest BCUT2D eigenvalue weighted by molar-refractivity contribution is -0.123. The van der Waals surface area contributed by atoms with Gasteiger partial charge in [-0.2, -0.15) is 0 Å². The Bertz CT molecular complexity index is 744. The highest BCUT2D eigenvalue weighted by Gasteiger charge is 2.19. The van der Waals surface area contributed by atoms with Gasteiger partial charge >= 0.3 is 12.0 Å². The van der Waals surface area contributed by atoms with Crippen molar-refractivity contribution in [3.8, 4) is 0 Å². The average Bonchev–Trinajstić information content (AvgIpc) is 2.88. The number of carbonyl (C=O) groups excluding carboxylic acids is 3. The molecule has 2 aromatic rings. The summed E-state index contributed by atoms with van der Waals surface area (Å²) in [6.45, 7) is 1.79. The molecule has 0 radical (unpaired) electrons. The summed E-state index contributed by atoms with van der Waals surface area (Å²) in [6, 6.07) is 6.68. The summed E-state index contributed by atoms with van der Waals surface area (Å²) in [5, 5.41) is 5.61. The molecule has 2 rings (SSSR count). The predicted molar refractivity (Wildman–Crippen MR) is 88.9 cm³/mol. The number of imide groups is 1. The quantitative estimate of drug-likeness (QED) is 0.808. The number of thiophene rings is 1. The molecule has 0 unspecified atom stereocenters. The Morgan fingerprint density at radius 2 is 2.00 bits per heavy atom. The monoisotopic (exact) mass is 354 g/mol. The zero-order valence-electron chi connectivity index (χ0n) is 12.3. The summed E-state index contributed by atoms with van der Waals surface area (Å²) in [6.07, 6.45) is 0.751. The number of nitrogens with one attached hydrogen (secondary N) is 2. The van der Waals surface area contributed by atoms with Gasteiger partial charge in [0.15, 0.2) is 6.61 Å². The van der Waals surface area contributed by atoms with Crippen molar-refractivity contribution < 1.29 is 19.1 Å². The number of halogens is 1. The van der Waals surface area contributed by atoms with Crippen LogP contribution in [0.1, 0.15) is 23.0 Å². The van der Waals surface area contributed by atoms with E-state index in [1.54, 1.807) is 6.07 Å². The van der Waals surface area contributed by atoms with Crippen LogP contribution in [0.5, 0.6) is 0 Å². The normalized spacial score (nSPS) is 10.3. The van der Waals surface area contributed by atoms with Gasteiger partial charge in [-0.1, -0.05) is 36.7 Å². The maximum absolute atomic E-state index is 12.0. The Balaban J connectivity index is 1.92. The zero-order valence-corrected chi connectivity index (χ0v) is 13.9. The van der Waals surface area contributed by atoms with Crippen molar-refractivity contribution >= 4 is 50.9 Å². The van der Waals surface area contributed by atoms with Gasteiger partial charge in [0.25, 0.3) is 5.91 Å². The number of hydrogen-bond donors (Lipinski definition) is 2. The standard InChI is InChI=1S/C15H15ClN2O4S/c1-2-7-17-15(21)18-11(19)8-22-14(20)13-12(16)9-5-3-4-6-10(9)23-13/h3-6H,2,7-8H2,1H3,(H2,17,18,19,21). The number of hydrogen-bond acceptors (Lipinski definition) is 5. The summed E-state index contributed by atoms with van der Waals surface area (Å²) in [7, 11) is 0. The van der Waals surface area contributed by atoms with Gasteiger partial charge in [0.2, 0.25) is 0 Å². The third kappa shape index (κ3) is 4.43. The van der Waals surface area contributed by atoms with Crippen molar-refractivity contribution in [1.82, 2.24) is 10.6 Å². The molecule has 0 bridgehead atoms. The highest BCUT2D eigenvalue weighted by atomic mass is 35.5. The SMILES string of the molecule is CCCNC(=O)NC(=O)COC(=O)c1sc2ccccc2c1Cl. The Morgan fingerprint density at radius 1 is 1.26 bits per heavy atom. The minimum Gasteiger partial charge on any atom is -0.451 e. The molecule has 6 nitrogen and oxygen atoms in total. The second-order valence-electron chi connectivity index (χ2n) is 4.62. The number of carbonyl (C=O) groups is 3. The van der Waals surface area contributed by atoms with E-state index >= 15 is 0 Å². The fourth-order valence-corrected chi connectivity index (χ4v) is 3.19. The van der Waals surface area contributed by atoms with Gasteiger partial charge in [-0.05, 0) is 12.5 Å². The van der Waals surface area contributed by atoms with Crippen molar-refractivity contribution in [3.63, 3.8) is 0 Å². The maximum Gasteiger partial charge on any atom is 0.350 e. The maximum atomic E-state index is 12.0. The molecule has 0 saturated carbocycles. The molecule has 23 heavy (non-hydrogen) atoms. The fourth-order valence-electron chi connectivity index (χ4n) is 1.79. The Morgan fingerprint density at radius 3 is 2.70 bits per heavy atom. The molecule has 0 spiro atoms. The van der Waals surface area contributed by atoms with Crippen molar-refractivity contribution in [2.75, 3.05) is 13.2 Å². The molecule has 0 aliphatic heterocycles. The molecule has 122 valence electrons. The zero-order chi connectivity index (χ0) is 16.8. The van der Waals surface area contributed by atoms with Crippen LogP contribution in [-0.4, -0.2) is 31.1 Å². The Hall–Kier alpha value is -2.12. The summed E-state index contributed by atoms with van der Waals surface area (Å²) in [4.78, 5) is 35.1. The first-order valence-corrected chi connectivity index (χ1v) is 8.14. The van der Waals surface area contributed by atoms with Crippen LogP contribution in [0, 0.1) is 0 Å².